The van der Waals surface area contributed by atoms with Crippen molar-refractivity contribution in [2.45, 2.75) is 32.5 Å². The molecule has 1 aromatic rings. The molecule has 1 atom stereocenters. The van der Waals surface area contributed by atoms with Crippen molar-refractivity contribution in [3.05, 3.63) is 33.2 Å². The van der Waals surface area contributed by atoms with Crippen LogP contribution < -0.4 is 10.5 Å². The lowest BCUT2D eigenvalue weighted by Gasteiger charge is -2.32. The molecule has 0 radical (unpaired) electrons. The van der Waals surface area contributed by atoms with E-state index in [1.54, 1.807) is 19.9 Å². The fourth-order valence-electron chi connectivity index (χ4n) is 2.96. The van der Waals surface area contributed by atoms with Gasteiger partial charge in [0, 0.05) is 5.69 Å². The van der Waals surface area contributed by atoms with Gasteiger partial charge in [0.1, 0.15) is 13.1 Å². The molecule has 8 heteroatoms. The summed E-state index contributed by atoms with van der Waals surface area (Å²) in [4.78, 5) is 27.0. The average Bonchev–Trinajstić information content (AvgIpc) is 2.43. The molecule has 23 heavy (non-hydrogen) atoms. The van der Waals surface area contributed by atoms with E-state index < -0.39 is 30.0 Å². The molecule has 1 fully saturated rings. The van der Waals surface area contributed by atoms with E-state index in [0.29, 0.717) is 11.3 Å². The van der Waals surface area contributed by atoms with Gasteiger partial charge in [-0.2, -0.15) is 13.2 Å². The van der Waals surface area contributed by atoms with Gasteiger partial charge in [0.2, 0.25) is 0 Å². The number of quaternary nitrogens is 1. The van der Waals surface area contributed by atoms with E-state index in [4.69, 9.17) is 4.74 Å². The Morgan fingerprint density at radius 2 is 1.96 bits per heavy atom. The molecule has 2 rings (SSSR count). The Hall–Kier alpha value is -1.67. The first-order valence-corrected chi connectivity index (χ1v) is 7.43. The fourth-order valence-corrected chi connectivity index (χ4v) is 2.96. The number of aromatic amines is 1. The molecule has 128 valence electrons. The first-order chi connectivity index (χ1) is 10.7. The summed E-state index contributed by atoms with van der Waals surface area (Å²) >= 11 is 0. The quantitative estimate of drug-likeness (QED) is 0.785. The molecule has 1 aliphatic rings. The summed E-state index contributed by atoms with van der Waals surface area (Å²) in [5, 5.41) is 0. The van der Waals surface area contributed by atoms with Crippen LogP contribution in [0.1, 0.15) is 28.0 Å². The van der Waals surface area contributed by atoms with Crippen LogP contribution in [-0.2, 0) is 4.74 Å². The third-order valence-corrected chi connectivity index (χ3v) is 4.06. The predicted molar refractivity (Wildman–Crippen MR) is 76.8 cm³/mol. The van der Waals surface area contributed by atoms with Crippen molar-refractivity contribution in [1.82, 2.24) is 4.98 Å². The minimum absolute atomic E-state index is 0.183. The number of H-pyrrole nitrogens is 1. The minimum Gasteiger partial charge on any atom is -0.370 e. The normalized spacial score (nSPS) is 18.0. The number of halogens is 3. The first kappa shape index (κ1) is 17.7. The smallest absolute Gasteiger partial charge is 0.370 e. The van der Waals surface area contributed by atoms with Crippen molar-refractivity contribution in [3.63, 3.8) is 0 Å². The third kappa shape index (κ3) is 4.20. The number of rotatable bonds is 4. The number of aryl methyl sites for hydroxylation is 2. The number of carbonyl (C=O) groups is 1. The Morgan fingerprint density at radius 1 is 1.35 bits per heavy atom. The Balaban J connectivity index is 2.26. The fraction of sp³-hybridized carbons (Fsp3) is 0.600. The zero-order valence-corrected chi connectivity index (χ0v) is 13.0. The van der Waals surface area contributed by atoms with Gasteiger partial charge >= 0.3 is 6.18 Å². The Morgan fingerprint density at radius 3 is 2.48 bits per heavy atom. The second-order valence-corrected chi connectivity index (χ2v) is 5.83. The molecule has 0 amide bonds. The van der Waals surface area contributed by atoms with Crippen LogP contribution in [0.2, 0.25) is 0 Å². The SMILES string of the molecule is Cc1cc(C)c(C(=O)C[C@@H]([NH+]2CCOCC2)C(F)(F)F)c(=O)[nH]1. The standard InChI is InChI=1S/C15H19F3N2O3/c1-9-7-10(2)19-14(22)13(9)11(21)8-12(15(16,17)18)20-3-5-23-6-4-20/h7,12H,3-6,8H2,1-2H3,(H,19,22)/p+1/t12-/m1/s1. The van der Waals surface area contributed by atoms with Gasteiger partial charge in [0.05, 0.1) is 25.2 Å². The number of hydrogen-bond donors (Lipinski definition) is 2. The maximum Gasteiger partial charge on any atom is 0.441 e. The number of carbonyl (C=O) groups excluding carboxylic acids is 1. The average molecular weight is 333 g/mol. The molecule has 0 spiro atoms. The van der Waals surface area contributed by atoms with Crippen LogP contribution in [0.15, 0.2) is 10.9 Å². The number of hydrogen-bond acceptors (Lipinski definition) is 3. The van der Waals surface area contributed by atoms with Crippen LogP contribution in [0.3, 0.4) is 0 Å². The third-order valence-electron chi connectivity index (χ3n) is 4.06. The predicted octanol–water partition coefficient (Wildman–Crippen LogP) is 0.411. The van der Waals surface area contributed by atoms with Crippen molar-refractivity contribution in [2.24, 2.45) is 0 Å². The number of morpholine rings is 1. The number of alkyl halides is 3. The van der Waals surface area contributed by atoms with Crippen LogP contribution >= 0.6 is 0 Å². The molecule has 0 unspecified atom stereocenters. The highest BCUT2D eigenvalue weighted by molar-refractivity contribution is 5.97. The van der Waals surface area contributed by atoms with E-state index in [-0.39, 0.29) is 36.8 Å². The molecule has 1 aromatic heterocycles. The van der Waals surface area contributed by atoms with Crippen molar-refractivity contribution in [3.8, 4) is 0 Å². The molecule has 2 N–H and O–H groups in total. The molecule has 1 saturated heterocycles. The lowest BCUT2D eigenvalue weighted by atomic mass is 9.99. The molecule has 0 saturated carbocycles. The molecule has 0 aromatic carbocycles. The number of nitrogens with one attached hydrogen (secondary N) is 2. The highest BCUT2D eigenvalue weighted by Gasteiger charge is 2.49. The van der Waals surface area contributed by atoms with Crippen LogP contribution in [0.5, 0.6) is 0 Å². The van der Waals surface area contributed by atoms with Crippen LogP contribution in [0.4, 0.5) is 13.2 Å². The summed E-state index contributed by atoms with van der Waals surface area (Å²) in [6, 6.07) is -0.238. The van der Waals surface area contributed by atoms with Gasteiger partial charge in [0.15, 0.2) is 11.8 Å². The van der Waals surface area contributed by atoms with E-state index in [2.05, 4.69) is 4.98 Å². The van der Waals surface area contributed by atoms with Crippen molar-refractivity contribution >= 4 is 5.78 Å². The van der Waals surface area contributed by atoms with Crippen molar-refractivity contribution < 1.29 is 27.6 Å². The molecule has 2 heterocycles. The van der Waals surface area contributed by atoms with Crippen LogP contribution in [0.25, 0.3) is 0 Å². The van der Waals surface area contributed by atoms with Crippen molar-refractivity contribution in [2.75, 3.05) is 26.3 Å². The summed E-state index contributed by atoms with van der Waals surface area (Å²) in [6.45, 7) is 4.07. The summed E-state index contributed by atoms with van der Waals surface area (Å²) in [5.74, 6) is -0.773. The summed E-state index contributed by atoms with van der Waals surface area (Å²) in [7, 11) is 0. The number of pyridine rings is 1. The van der Waals surface area contributed by atoms with E-state index in [1.165, 1.54) is 0 Å². The molecule has 0 bridgehead atoms. The highest BCUT2D eigenvalue weighted by Crippen LogP contribution is 2.22. The van der Waals surface area contributed by atoms with Crippen LogP contribution in [-0.4, -0.2) is 49.3 Å². The van der Waals surface area contributed by atoms with E-state index in [9.17, 15) is 22.8 Å². The van der Waals surface area contributed by atoms with Gasteiger partial charge in [0.25, 0.3) is 5.56 Å². The minimum atomic E-state index is -4.51. The topological polar surface area (TPSA) is 63.6 Å². The van der Waals surface area contributed by atoms with Gasteiger partial charge in [-0.25, -0.2) is 0 Å². The Kier molecular flexibility index (Phi) is 5.26. The van der Waals surface area contributed by atoms with Gasteiger partial charge in [-0.1, -0.05) is 0 Å². The van der Waals surface area contributed by atoms with E-state index >= 15 is 0 Å². The van der Waals surface area contributed by atoms with Gasteiger partial charge < -0.3 is 14.6 Å². The molecular formula is C15H20F3N2O3+. The molecule has 1 aliphatic heterocycles. The van der Waals surface area contributed by atoms with Crippen LogP contribution in [0, 0.1) is 13.8 Å². The van der Waals surface area contributed by atoms with Gasteiger partial charge in [-0.05, 0) is 25.5 Å². The lowest BCUT2D eigenvalue weighted by molar-refractivity contribution is -0.943. The number of aromatic nitrogens is 1. The Bertz CT molecular complexity index is 634. The van der Waals surface area contributed by atoms with Gasteiger partial charge in [-0.15, -0.1) is 0 Å². The van der Waals surface area contributed by atoms with Crippen molar-refractivity contribution in [1.29, 1.82) is 0 Å². The monoisotopic (exact) mass is 333 g/mol. The molecule has 0 aliphatic carbocycles. The largest absolute Gasteiger partial charge is 0.441 e. The van der Waals surface area contributed by atoms with E-state index in [1.807, 2.05) is 0 Å². The number of ketones is 1. The number of ether oxygens (including phenoxy) is 1. The second-order valence-electron chi connectivity index (χ2n) is 5.83. The van der Waals surface area contributed by atoms with E-state index in [0.717, 1.165) is 0 Å². The molecular weight excluding hydrogens is 313 g/mol. The second kappa shape index (κ2) is 6.84. The lowest BCUT2D eigenvalue weighted by Crippen LogP contribution is -3.19. The Labute approximate surface area is 131 Å². The summed E-state index contributed by atoms with van der Waals surface area (Å²) < 4.78 is 45.1. The zero-order chi connectivity index (χ0) is 17.2. The first-order valence-electron chi connectivity index (χ1n) is 7.43. The zero-order valence-electron chi connectivity index (χ0n) is 13.0. The maximum atomic E-state index is 13.3. The highest BCUT2D eigenvalue weighted by atomic mass is 19.4. The summed E-state index contributed by atoms with van der Waals surface area (Å²) in [6.07, 6.45) is -5.24. The molecule has 5 nitrogen and oxygen atoms in total. The summed E-state index contributed by atoms with van der Waals surface area (Å²) in [5.41, 5.74) is 0.146. The number of Topliss-reactive ketones (excluding diaryl/α,β-unsaturated/α-hetero) is 1. The van der Waals surface area contributed by atoms with Gasteiger partial charge in [-0.3, -0.25) is 9.59 Å². The maximum absolute atomic E-state index is 13.3.